The molecule has 314 valence electrons. The van der Waals surface area contributed by atoms with Crippen molar-refractivity contribution in [3.05, 3.63) is 40.2 Å². The summed E-state index contributed by atoms with van der Waals surface area (Å²) >= 11 is 1.16. The molecule has 1 saturated heterocycles. The summed E-state index contributed by atoms with van der Waals surface area (Å²) in [5, 5.41) is 28.5. The van der Waals surface area contributed by atoms with Crippen LogP contribution in [-0.4, -0.2) is 87.2 Å². The number of phenols is 1. The Morgan fingerprint density at radius 2 is 1.79 bits per heavy atom. The monoisotopic (exact) mass is 811 g/mol. The van der Waals surface area contributed by atoms with Crippen molar-refractivity contribution in [1.82, 2.24) is 20.3 Å². The van der Waals surface area contributed by atoms with Gasteiger partial charge in [-0.2, -0.15) is 0 Å². The van der Waals surface area contributed by atoms with Gasteiger partial charge in [0.15, 0.2) is 6.10 Å². The Labute approximate surface area is 341 Å². The van der Waals surface area contributed by atoms with E-state index in [1.54, 1.807) is 17.5 Å². The Kier molecular flexibility index (Phi) is 18.9. The fourth-order valence-electron chi connectivity index (χ4n) is 6.86. The van der Waals surface area contributed by atoms with Crippen LogP contribution in [0.5, 0.6) is 5.75 Å². The number of thiazole rings is 1. The zero-order valence-electron chi connectivity index (χ0n) is 34.4. The van der Waals surface area contributed by atoms with E-state index in [1.807, 2.05) is 34.7 Å². The number of terminal acetylenes is 1. The first kappa shape index (κ1) is 46.9. The highest BCUT2D eigenvalue weighted by molar-refractivity contribution is 7.10. The molecule has 0 saturated carbocycles. The lowest BCUT2D eigenvalue weighted by Crippen LogP contribution is -2.55. The molecule has 1 aliphatic heterocycles. The number of nitrogens with one attached hydrogen (secondary N) is 2. The first-order valence-electron chi connectivity index (χ1n) is 19.9. The number of ether oxygens (including phenoxy) is 1. The number of aromatic hydroxyl groups is 1. The molecule has 7 atom stereocenters. The van der Waals surface area contributed by atoms with Gasteiger partial charge in [0.25, 0.3) is 5.91 Å². The fraction of sp³-hybridized carbons (Fsp3) is 0.619. The number of unbranched alkanes of at least 4 members (excludes halogenated alkanes) is 1. The molecule has 0 aliphatic carbocycles. The number of anilines is 1. The van der Waals surface area contributed by atoms with E-state index in [-0.39, 0.29) is 61.3 Å². The molecule has 2 aromatic rings. The van der Waals surface area contributed by atoms with Gasteiger partial charge >= 0.3 is 11.9 Å². The van der Waals surface area contributed by atoms with Crippen LogP contribution >= 0.6 is 11.3 Å². The summed E-state index contributed by atoms with van der Waals surface area (Å²) in [5.41, 5.74) is 0.745. The van der Waals surface area contributed by atoms with Crippen LogP contribution in [0.25, 0.3) is 0 Å². The lowest BCUT2D eigenvalue weighted by Gasteiger charge is -2.38. The molecule has 3 amide bonds. The Morgan fingerprint density at radius 3 is 2.39 bits per heavy atom. The maximum absolute atomic E-state index is 14.7. The first-order valence-corrected chi connectivity index (χ1v) is 20.8. The van der Waals surface area contributed by atoms with Crippen LogP contribution in [0.2, 0.25) is 0 Å². The van der Waals surface area contributed by atoms with Crippen LogP contribution in [0, 0.1) is 41.9 Å². The van der Waals surface area contributed by atoms with E-state index in [9.17, 15) is 34.2 Å². The fourth-order valence-corrected chi connectivity index (χ4v) is 7.66. The molecule has 57 heavy (non-hydrogen) atoms. The molecule has 1 aliphatic rings. The number of hydrogen-bond donors (Lipinski definition) is 4. The van der Waals surface area contributed by atoms with E-state index >= 15 is 0 Å². The smallest absolute Gasteiger partial charge is 0.306 e. The molecular formula is C42H61N5O9S. The average Bonchev–Trinajstić information content (AvgIpc) is 3.63. The number of carbonyl (C=O) groups excluding carboxylic acids is 4. The summed E-state index contributed by atoms with van der Waals surface area (Å²) in [6.45, 7) is 11.4. The quantitative estimate of drug-likeness (QED) is 0.0350. The van der Waals surface area contributed by atoms with Gasteiger partial charge in [0.05, 0.1) is 24.7 Å². The van der Waals surface area contributed by atoms with Gasteiger partial charge in [0, 0.05) is 31.1 Å². The lowest BCUT2D eigenvalue weighted by atomic mass is 9.88. The van der Waals surface area contributed by atoms with Crippen LogP contribution < -0.4 is 10.6 Å². The summed E-state index contributed by atoms with van der Waals surface area (Å²) in [5.74, 6) is -3.21. The highest BCUT2D eigenvalue weighted by Crippen LogP contribution is 2.34. The van der Waals surface area contributed by atoms with Crippen molar-refractivity contribution in [2.24, 2.45) is 29.6 Å². The Morgan fingerprint density at radius 1 is 1.09 bits per heavy atom. The number of aromatic nitrogens is 1. The third-order valence-electron chi connectivity index (χ3n) is 10.5. The van der Waals surface area contributed by atoms with Crippen LogP contribution in [-0.2, 0) is 40.0 Å². The number of rotatable bonds is 22. The first-order chi connectivity index (χ1) is 27.1. The number of esters is 1. The van der Waals surface area contributed by atoms with Gasteiger partial charge in [-0.3, -0.25) is 33.7 Å². The second-order valence-electron chi connectivity index (χ2n) is 15.4. The van der Waals surface area contributed by atoms with Gasteiger partial charge in [0.2, 0.25) is 11.8 Å². The molecule has 4 N–H and O–H groups in total. The van der Waals surface area contributed by atoms with Crippen molar-refractivity contribution in [3.63, 3.8) is 0 Å². The number of aliphatic carboxylic acids is 1. The predicted octanol–water partition coefficient (Wildman–Crippen LogP) is 6.17. The predicted molar refractivity (Wildman–Crippen MR) is 217 cm³/mol. The van der Waals surface area contributed by atoms with Gasteiger partial charge in [-0.1, -0.05) is 53.2 Å². The number of nitrogens with zero attached hydrogens (tertiary/aromatic N) is 3. The third kappa shape index (κ3) is 14.4. The number of carbonyl (C=O) groups is 5. The van der Waals surface area contributed by atoms with Crippen LogP contribution in [0.4, 0.5) is 5.82 Å². The maximum atomic E-state index is 14.7. The lowest BCUT2D eigenvalue weighted by molar-refractivity contribution is -0.215. The van der Waals surface area contributed by atoms with E-state index in [2.05, 4.69) is 26.4 Å². The van der Waals surface area contributed by atoms with E-state index in [0.29, 0.717) is 24.3 Å². The number of likely N-dealkylation sites (tertiary alicyclic amines) is 1. The Hall–Kier alpha value is -4.52. The zero-order chi connectivity index (χ0) is 42.2. The molecular weight excluding hydrogens is 751 g/mol. The number of hydrogen-bond acceptors (Lipinski definition) is 11. The standard InChI is InChI=1S/C42H61N5O9S/c1-9-11-14-21-55-47(41(52)37(27(5)10-2)39(51)45-36-15-12-13-20-46(36)8)33(26(3)4)24-34(56-29(7)48)40-44-35(25-57-40)43-38(50)31(22-28(6)42(53)54)23-30-16-18-32(49)19-17-30/h1,16-19,25-28,31,33-34,36-37,49H,10-15,20-24H2,2-8H3,(H,43,50)(H,45,51)(H,53,54)/t27-,28-,31+,33+,34+,36+,37-/m0/s1. The van der Waals surface area contributed by atoms with Crippen molar-refractivity contribution >= 4 is 46.8 Å². The average molecular weight is 812 g/mol. The normalized spacial score (nSPS) is 17.6. The second kappa shape index (κ2) is 23.0. The summed E-state index contributed by atoms with van der Waals surface area (Å²) in [6.07, 6.45) is 8.97. The van der Waals surface area contributed by atoms with Crippen molar-refractivity contribution in [2.45, 2.75) is 118 Å². The maximum Gasteiger partial charge on any atom is 0.306 e. The number of benzene rings is 1. The van der Waals surface area contributed by atoms with Crippen molar-refractivity contribution in [3.8, 4) is 18.1 Å². The highest BCUT2D eigenvalue weighted by Gasteiger charge is 2.41. The topological polar surface area (TPSA) is 188 Å². The summed E-state index contributed by atoms with van der Waals surface area (Å²) in [4.78, 5) is 79.5. The van der Waals surface area contributed by atoms with Crippen LogP contribution in [0.1, 0.15) is 110 Å². The molecule has 0 bridgehead atoms. The van der Waals surface area contributed by atoms with Gasteiger partial charge in [-0.05, 0) is 81.6 Å². The minimum absolute atomic E-state index is 0.0589. The number of phenolic OH excluding ortho intramolecular Hbond substituents is 1. The van der Waals surface area contributed by atoms with Crippen molar-refractivity contribution < 1.29 is 43.8 Å². The van der Waals surface area contributed by atoms with Gasteiger partial charge in [0.1, 0.15) is 22.5 Å². The van der Waals surface area contributed by atoms with Crippen molar-refractivity contribution in [1.29, 1.82) is 0 Å². The third-order valence-corrected chi connectivity index (χ3v) is 11.4. The summed E-state index contributed by atoms with van der Waals surface area (Å²) in [7, 11) is 1.96. The summed E-state index contributed by atoms with van der Waals surface area (Å²) < 4.78 is 5.82. The highest BCUT2D eigenvalue weighted by atomic mass is 32.1. The van der Waals surface area contributed by atoms with E-state index < -0.39 is 53.7 Å². The molecule has 1 aromatic heterocycles. The zero-order valence-corrected chi connectivity index (χ0v) is 35.2. The molecule has 3 rings (SSSR count). The second-order valence-corrected chi connectivity index (χ2v) is 16.3. The molecule has 14 nitrogen and oxygen atoms in total. The number of carboxylic acids is 1. The van der Waals surface area contributed by atoms with E-state index in [0.717, 1.165) is 42.7 Å². The summed E-state index contributed by atoms with van der Waals surface area (Å²) in [6, 6.07) is 5.68. The SMILES string of the molecule is C#CCCCON(C(=O)[C@H](C(=O)N[C@H]1CCCCN1C)[C@@H](C)CC)[C@H](C[C@@H](OC(C)=O)c1nc(NC(=O)[C@@H](Cc2ccc(O)cc2)C[C@H](C)C(=O)O)cs1)C(C)C. The molecule has 1 fully saturated rings. The minimum Gasteiger partial charge on any atom is -0.508 e. The minimum atomic E-state index is -1.05. The molecule has 1 aromatic carbocycles. The van der Waals surface area contributed by atoms with Crippen LogP contribution in [0.3, 0.4) is 0 Å². The Bertz CT molecular complexity index is 1680. The van der Waals surface area contributed by atoms with Gasteiger partial charge in [-0.15, -0.1) is 23.7 Å². The molecule has 0 radical (unpaired) electrons. The molecule has 0 spiro atoms. The number of hydroxylamine groups is 2. The van der Waals surface area contributed by atoms with Gasteiger partial charge in [-0.25, -0.2) is 10.0 Å². The Balaban J connectivity index is 1.93. The van der Waals surface area contributed by atoms with E-state index in [4.69, 9.17) is 16.0 Å². The number of piperidine rings is 1. The molecule has 0 unspecified atom stereocenters. The van der Waals surface area contributed by atoms with Crippen molar-refractivity contribution in [2.75, 3.05) is 25.5 Å². The van der Waals surface area contributed by atoms with E-state index in [1.165, 1.54) is 31.0 Å². The number of amides is 3. The molecule has 15 heteroatoms. The van der Waals surface area contributed by atoms with Crippen LogP contribution in [0.15, 0.2) is 29.6 Å². The number of carboxylic acid groups (broad SMARTS) is 1. The largest absolute Gasteiger partial charge is 0.508 e. The molecule has 2 heterocycles. The van der Waals surface area contributed by atoms with Gasteiger partial charge < -0.3 is 25.6 Å².